The molecule has 2 aliphatic carbocycles. The fourth-order valence-electron chi connectivity index (χ4n) is 9.49. The fourth-order valence-corrected chi connectivity index (χ4v) is 9.87. The third kappa shape index (κ3) is 11.0. The maximum Gasteiger partial charge on any atom is 0.337 e. The molecule has 3 N–H and O–H groups in total. The number of hydrogen-bond donors (Lipinski definition) is 3. The number of rotatable bonds is 16. The Balaban J connectivity index is 0.000000203. The van der Waals surface area contributed by atoms with Gasteiger partial charge in [-0.3, -0.25) is 24.4 Å². The number of para-hydroxylation sites is 2. The first-order chi connectivity index (χ1) is 32.7. The van der Waals surface area contributed by atoms with E-state index in [9.17, 15) is 43.3 Å². The van der Waals surface area contributed by atoms with Crippen molar-refractivity contribution in [1.82, 2.24) is 9.97 Å². The molecule has 0 amide bonds. The van der Waals surface area contributed by atoms with Crippen molar-refractivity contribution in [2.24, 2.45) is 0 Å². The predicted molar refractivity (Wildman–Crippen MR) is 254 cm³/mol. The quantitative estimate of drug-likeness (QED) is 0.0268. The number of nitrogens with one attached hydrogen (secondary N) is 2. The van der Waals surface area contributed by atoms with Gasteiger partial charge in [0.1, 0.15) is 19.8 Å². The monoisotopic (exact) mass is 954 g/mol. The molecule has 0 unspecified atom stereocenters. The Kier molecular flexibility index (Phi) is 15.8. The predicted octanol–water partition coefficient (Wildman–Crippen LogP) is 9.88. The number of methoxy groups -OCH3 is 2. The summed E-state index contributed by atoms with van der Waals surface area (Å²) < 4.78 is 48.5. The number of nitro benzene ring substituents is 2. The summed E-state index contributed by atoms with van der Waals surface area (Å²) in [7, 11) is -1.02. The molecular weight excluding hydrogens is 901 g/mol. The number of nitrogens with zero attached hydrogens (tertiary/aromatic N) is 2. The second kappa shape index (κ2) is 21.9. The van der Waals surface area contributed by atoms with Gasteiger partial charge in [0.05, 0.1) is 59.4 Å². The van der Waals surface area contributed by atoms with Crippen LogP contribution in [0.3, 0.4) is 0 Å². The van der Waals surface area contributed by atoms with Crippen LogP contribution in [-0.2, 0) is 23.8 Å². The van der Waals surface area contributed by atoms with Crippen LogP contribution >= 0.6 is 0 Å². The molecule has 8 rings (SSSR count). The van der Waals surface area contributed by atoms with E-state index in [1.165, 1.54) is 32.8 Å². The summed E-state index contributed by atoms with van der Waals surface area (Å²) in [4.78, 5) is 53.5. The molecule has 19 heteroatoms. The molecule has 0 bridgehead atoms. The van der Waals surface area contributed by atoms with Gasteiger partial charge >= 0.3 is 23.3 Å². The number of aliphatic hydroxyl groups is 1. The molecule has 2 aromatic heterocycles. The van der Waals surface area contributed by atoms with Gasteiger partial charge in [-0.2, -0.15) is 8.42 Å². The highest BCUT2D eigenvalue weighted by molar-refractivity contribution is 7.85. The van der Waals surface area contributed by atoms with Crippen molar-refractivity contribution < 1.29 is 56.1 Å². The molecule has 6 aromatic rings. The Morgan fingerprint density at radius 2 is 1.07 bits per heavy atom. The molecule has 2 fully saturated rings. The lowest BCUT2D eigenvalue weighted by Crippen LogP contribution is -2.12. The number of aliphatic hydroxyl groups excluding tert-OH is 1. The smallest absolute Gasteiger partial charge is 0.337 e. The summed E-state index contributed by atoms with van der Waals surface area (Å²) in [6.45, 7) is -0.787. The number of carbonyl (C=O) groups excluding carboxylic acids is 2. The van der Waals surface area contributed by atoms with Crippen molar-refractivity contribution >= 4 is 55.2 Å². The normalized spacial score (nSPS) is 14.5. The van der Waals surface area contributed by atoms with Crippen LogP contribution in [0.5, 0.6) is 11.5 Å². The van der Waals surface area contributed by atoms with E-state index in [1.807, 2.05) is 12.1 Å². The van der Waals surface area contributed by atoms with Gasteiger partial charge < -0.3 is 34.0 Å². The molecule has 18 nitrogen and oxygen atoms in total. The van der Waals surface area contributed by atoms with Crippen LogP contribution in [0.4, 0.5) is 11.4 Å². The Bertz CT molecular complexity index is 2930. The molecule has 360 valence electrons. The number of carbonyl (C=O) groups is 2. The molecule has 0 radical (unpaired) electrons. The molecule has 68 heavy (non-hydrogen) atoms. The van der Waals surface area contributed by atoms with Gasteiger partial charge in [-0.25, -0.2) is 9.59 Å². The van der Waals surface area contributed by atoms with Crippen molar-refractivity contribution in [2.45, 2.75) is 76.0 Å². The minimum Gasteiger partial charge on any atom is -0.484 e. The highest BCUT2D eigenvalue weighted by Gasteiger charge is 2.31. The third-order valence-electron chi connectivity index (χ3n) is 12.4. The largest absolute Gasteiger partial charge is 0.484 e. The van der Waals surface area contributed by atoms with E-state index < -0.39 is 31.9 Å². The van der Waals surface area contributed by atoms with Crippen LogP contribution in [0.1, 0.15) is 108 Å². The summed E-state index contributed by atoms with van der Waals surface area (Å²) in [5.74, 6) is -0.213. The Hall–Kier alpha value is -6.83. The first-order valence-corrected chi connectivity index (χ1v) is 24.3. The molecule has 0 atom stereocenters. The van der Waals surface area contributed by atoms with Crippen LogP contribution in [-0.4, -0.2) is 92.2 Å². The summed E-state index contributed by atoms with van der Waals surface area (Å²) in [5, 5.41) is 34.7. The highest BCUT2D eigenvalue weighted by Crippen LogP contribution is 2.48. The van der Waals surface area contributed by atoms with Crippen molar-refractivity contribution in [1.29, 1.82) is 0 Å². The summed E-state index contributed by atoms with van der Waals surface area (Å²) >= 11 is 0. The number of fused-ring (bicyclic) bond motifs is 2. The number of aromatic nitrogens is 2. The highest BCUT2D eigenvalue weighted by atomic mass is 32.2. The third-order valence-corrected chi connectivity index (χ3v) is 13.0. The lowest BCUT2D eigenvalue weighted by Gasteiger charge is -2.23. The molecular formula is C49H54N4O14S. The van der Waals surface area contributed by atoms with Crippen LogP contribution in [0.15, 0.2) is 72.8 Å². The van der Waals surface area contributed by atoms with Gasteiger partial charge in [0.25, 0.3) is 10.1 Å². The Morgan fingerprint density at radius 1 is 0.647 bits per heavy atom. The van der Waals surface area contributed by atoms with Gasteiger partial charge in [-0.1, -0.05) is 62.8 Å². The average Bonchev–Trinajstić information content (AvgIpc) is 3.92. The fraction of sp³-hybridized carbons (Fsp3) is 0.388. The first kappa shape index (κ1) is 49.1. The van der Waals surface area contributed by atoms with Gasteiger partial charge in [-0.15, -0.1) is 0 Å². The van der Waals surface area contributed by atoms with Crippen molar-refractivity contribution in [2.75, 3.05) is 46.9 Å². The molecule has 2 saturated carbocycles. The van der Waals surface area contributed by atoms with Crippen LogP contribution in [0.2, 0.25) is 0 Å². The van der Waals surface area contributed by atoms with Crippen molar-refractivity contribution in [3.63, 3.8) is 0 Å². The molecule has 0 spiro atoms. The second-order valence-corrected chi connectivity index (χ2v) is 18.4. The van der Waals surface area contributed by atoms with Crippen molar-refractivity contribution in [3.05, 3.63) is 115 Å². The minimum absolute atomic E-state index is 0.0245. The van der Waals surface area contributed by atoms with E-state index in [0.29, 0.717) is 39.4 Å². The van der Waals surface area contributed by atoms with Gasteiger partial charge in [0.2, 0.25) is 11.5 Å². The molecule has 0 saturated heterocycles. The zero-order valence-corrected chi connectivity index (χ0v) is 38.9. The van der Waals surface area contributed by atoms with E-state index in [1.54, 1.807) is 48.5 Å². The van der Waals surface area contributed by atoms with Crippen LogP contribution in [0.25, 0.3) is 44.3 Å². The number of benzene rings is 4. The maximum absolute atomic E-state index is 12.1. The summed E-state index contributed by atoms with van der Waals surface area (Å²) in [5.41, 5.74) is 6.52. The van der Waals surface area contributed by atoms with E-state index in [0.717, 1.165) is 97.2 Å². The van der Waals surface area contributed by atoms with E-state index in [2.05, 4.69) is 9.97 Å². The Morgan fingerprint density at radius 3 is 1.46 bits per heavy atom. The number of hydrogen-bond acceptors (Lipinski definition) is 14. The average molecular weight is 955 g/mol. The molecule has 4 aromatic carbocycles. The zero-order chi connectivity index (χ0) is 48.5. The number of ether oxygens (including phenoxy) is 4. The number of nitro groups is 2. The topological polar surface area (TPSA) is 253 Å². The molecule has 0 aliphatic heterocycles. The lowest BCUT2D eigenvalue weighted by molar-refractivity contribution is -0.386. The summed E-state index contributed by atoms with van der Waals surface area (Å²) in [6.07, 6.45) is 11.7. The SMILES string of the molecule is COC(=O)c1ccc2c(C3CCCCC3)c(-c3cccc([N+](=O)[O-])c3OCCO)[nH]c2c1.COC(=O)c1ccc2c(C3CCCCC3)c(-c3cccc([N+](=O)[O-])c3OCCOS(C)(=O)=O)[nH]c2c1. The Labute approximate surface area is 392 Å². The van der Waals surface area contributed by atoms with E-state index in [-0.39, 0.29) is 55.2 Å². The zero-order valence-electron chi connectivity index (χ0n) is 38.0. The first-order valence-electron chi connectivity index (χ1n) is 22.5. The van der Waals surface area contributed by atoms with E-state index in [4.69, 9.17) is 23.1 Å². The van der Waals surface area contributed by atoms with Gasteiger partial charge in [0, 0.05) is 45.1 Å². The number of esters is 2. The second-order valence-electron chi connectivity index (χ2n) is 16.8. The number of aromatic amines is 2. The standard InChI is InChI=1S/C25H28N2O8S.C24H26N2O6/c1-33-25(28)17-11-12-18-20(15-17)26-23(22(18)16-7-4-3-5-8-16)19-9-6-10-21(27(29)30)24(19)34-13-14-35-36(2,31)32;1-31-24(28)16-10-11-17-19(14-16)25-22(21(17)15-6-3-2-4-7-15)18-8-5-9-20(26(29)30)23(18)32-13-12-27/h6,9-12,15-16,26H,3-5,7-8,13-14H2,1-2H3;5,8-11,14-15,25,27H,2-4,6-7,12-13H2,1H3. The van der Waals surface area contributed by atoms with Crippen LogP contribution < -0.4 is 9.47 Å². The summed E-state index contributed by atoms with van der Waals surface area (Å²) in [6, 6.07) is 20.2. The molecule has 2 heterocycles. The minimum atomic E-state index is -3.68. The van der Waals surface area contributed by atoms with Crippen LogP contribution in [0, 0.1) is 20.2 Å². The van der Waals surface area contributed by atoms with Crippen molar-refractivity contribution in [3.8, 4) is 34.0 Å². The number of H-pyrrole nitrogens is 2. The lowest BCUT2D eigenvalue weighted by atomic mass is 9.81. The molecule has 2 aliphatic rings. The van der Waals surface area contributed by atoms with Gasteiger partial charge in [0.15, 0.2) is 0 Å². The van der Waals surface area contributed by atoms with E-state index >= 15 is 0 Å². The van der Waals surface area contributed by atoms with Gasteiger partial charge in [-0.05, 0) is 85.0 Å². The maximum atomic E-state index is 12.1.